The van der Waals surface area contributed by atoms with Gasteiger partial charge in [0, 0.05) is 43.7 Å². The van der Waals surface area contributed by atoms with Crippen LogP contribution in [0.4, 0.5) is 0 Å². The van der Waals surface area contributed by atoms with Crippen molar-refractivity contribution in [2.45, 2.75) is 177 Å². The summed E-state index contributed by atoms with van der Waals surface area (Å²) in [5.74, 6) is 0. The van der Waals surface area contributed by atoms with Gasteiger partial charge in [-0.2, -0.15) is 0 Å². The Balaban J connectivity index is -0.00000882. The van der Waals surface area contributed by atoms with Crippen molar-refractivity contribution >= 4 is 15.7 Å². The fourth-order valence-corrected chi connectivity index (χ4v) is 13.5. The topological polar surface area (TPSA) is 75.4 Å². The van der Waals surface area contributed by atoms with Crippen molar-refractivity contribution in [2.24, 2.45) is 0 Å². The van der Waals surface area contributed by atoms with E-state index in [9.17, 15) is 0 Å². The number of hydrogen-bond acceptors (Lipinski definition) is 7. The Morgan fingerprint density at radius 3 is 0.778 bits per heavy atom. The average molecular weight is 721 g/mol. The lowest BCUT2D eigenvalue weighted by molar-refractivity contribution is -0.00100. The van der Waals surface area contributed by atoms with E-state index in [1.807, 2.05) is 0 Å². The molecule has 0 fully saturated rings. The predicted molar refractivity (Wildman–Crippen MR) is 201 cm³/mol. The molecule has 276 valence electrons. The second-order valence-electron chi connectivity index (χ2n) is 12.4. The molecule has 0 amide bonds. The first-order valence-electron chi connectivity index (χ1n) is 19.1. The fraction of sp³-hybridized carbons (Fsp3) is 1.00. The zero-order valence-corrected chi connectivity index (χ0v) is 34.5. The lowest BCUT2D eigenvalue weighted by atomic mass is 10.3. The van der Waals surface area contributed by atoms with Gasteiger partial charge >= 0.3 is 15.7 Å². The molecule has 0 aliphatic heterocycles. The van der Waals surface area contributed by atoms with Gasteiger partial charge in [-0.15, -0.1) is 30.5 Å². The molecule has 0 heterocycles. The Kier molecular flexibility index (Phi) is 40.9. The van der Waals surface area contributed by atoms with Gasteiger partial charge in [-0.1, -0.05) is 132 Å². The third-order valence-electron chi connectivity index (χ3n) is 8.13. The van der Waals surface area contributed by atoms with Crippen molar-refractivity contribution < 1.29 is 24.8 Å². The standard InChI is InChI=1S/C34H81N7P2.2ClH/c1-8-15-22-29-36-42(35-28-21-14-7,37-30-23-16-9-2)41(34-27-20-13-6)43(38-31-24-17-10-3,39-32-25-18-11-4)40-33-26-19-12-5;;/h35-40H,8-34H2,1-7H3;2*1H/q+2;;/p-2. The van der Waals surface area contributed by atoms with Gasteiger partial charge in [-0.05, 0) is 44.9 Å². The maximum atomic E-state index is 4.27. The Morgan fingerprint density at radius 2 is 0.533 bits per heavy atom. The molecule has 7 nitrogen and oxygen atoms in total. The van der Waals surface area contributed by atoms with E-state index in [4.69, 9.17) is 0 Å². The summed E-state index contributed by atoms with van der Waals surface area (Å²) in [6.45, 7) is 23.7. The van der Waals surface area contributed by atoms with Crippen molar-refractivity contribution in [1.29, 1.82) is 0 Å². The number of halogens is 2. The van der Waals surface area contributed by atoms with E-state index in [1.165, 1.54) is 128 Å². The van der Waals surface area contributed by atoms with E-state index in [0.29, 0.717) is 0 Å². The molecule has 0 aliphatic carbocycles. The predicted octanol–water partition coefficient (Wildman–Crippen LogP) is 4.13. The minimum atomic E-state index is -2.10. The number of rotatable bonds is 35. The number of hydrogen-bond donors (Lipinski definition) is 6. The quantitative estimate of drug-likeness (QED) is 0.0435. The van der Waals surface area contributed by atoms with Crippen molar-refractivity contribution in [3.8, 4) is 0 Å². The highest BCUT2D eigenvalue weighted by Crippen LogP contribution is 2.67. The molecule has 0 unspecified atom stereocenters. The molecule has 0 saturated heterocycles. The van der Waals surface area contributed by atoms with Crippen molar-refractivity contribution in [1.82, 2.24) is 35.0 Å². The molecular formula is C34H81Cl2N7P2. The number of nitrogens with zero attached hydrogens (tertiary/aromatic N) is 1. The first-order chi connectivity index (χ1) is 21.1. The zero-order valence-electron chi connectivity index (χ0n) is 31.2. The van der Waals surface area contributed by atoms with Crippen LogP contribution in [0.1, 0.15) is 177 Å². The van der Waals surface area contributed by atoms with Crippen LogP contribution in [0.25, 0.3) is 0 Å². The van der Waals surface area contributed by atoms with Gasteiger partial charge in [0.1, 0.15) is 0 Å². The minimum absolute atomic E-state index is 0. The molecular weight excluding hydrogens is 639 g/mol. The summed E-state index contributed by atoms with van der Waals surface area (Å²) < 4.78 is 2.94. The third-order valence-corrected chi connectivity index (χ3v) is 15.6. The number of unbranched alkanes of at least 4 members (excludes halogenated alkanes) is 13. The van der Waals surface area contributed by atoms with E-state index < -0.39 is 15.7 Å². The lowest BCUT2D eigenvalue weighted by Gasteiger charge is -2.41. The molecule has 0 aromatic heterocycles. The molecule has 0 atom stereocenters. The first-order valence-corrected chi connectivity index (χ1v) is 22.6. The highest BCUT2D eigenvalue weighted by atomic mass is 35.5. The van der Waals surface area contributed by atoms with Crippen LogP contribution in [0.15, 0.2) is 0 Å². The lowest BCUT2D eigenvalue weighted by Crippen LogP contribution is -3.00. The van der Waals surface area contributed by atoms with Crippen LogP contribution in [0.5, 0.6) is 0 Å². The minimum Gasteiger partial charge on any atom is -1.00 e. The van der Waals surface area contributed by atoms with Crippen molar-refractivity contribution in [3.05, 3.63) is 0 Å². The second-order valence-corrected chi connectivity index (χ2v) is 18.1. The SMILES string of the molecule is CCCCCN[P+](NCCCC)(NCCCCC)N(CCCCC)[P+](NCCCCC)(NCCCCC)NCCCCC.[Cl-].[Cl-]. The van der Waals surface area contributed by atoms with Gasteiger partial charge < -0.3 is 24.8 Å². The van der Waals surface area contributed by atoms with E-state index in [2.05, 4.69) is 83.4 Å². The highest BCUT2D eigenvalue weighted by Gasteiger charge is 2.62. The fourth-order valence-electron chi connectivity index (χ4n) is 5.33. The first kappa shape index (κ1) is 50.5. The molecule has 0 spiro atoms. The van der Waals surface area contributed by atoms with Crippen LogP contribution in [0, 0.1) is 0 Å². The van der Waals surface area contributed by atoms with Crippen LogP contribution in [-0.4, -0.2) is 50.3 Å². The van der Waals surface area contributed by atoms with E-state index in [1.54, 1.807) is 0 Å². The smallest absolute Gasteiger partial charge is 0.339 e. The molecule has 0 aromatic rings. The average Bonchev–Trinajstić information content (AvgIpc) is 3.02. The Bertz CT molecular complexity index is 539. The van der Waals surface area contributed by atoms with Crippen LogP contribution in [0.3, 0.4) is 0 Å². The van der Waals surface area contributed by atoms with Gasteiger partial charge in [0.2, 0.25) is 0 Å². The van der Waals surface area contributed by atoms with E-state index in [0.717, 1.165) is 45.8 Å². The summed E-state index contributed by atoms with van der Waals surface area (Å²) in [5.41, 5.74) is 0. The molecule has 6 N–H and O–H groups in total. The molecule has 0 radical (unpaired) electrons. The number of nitrogens with one attached hydrogen (secondary N) is 6. The summed E-state index contributed by atoms with van der Waals surface area (Å²) in [7, 11) is -4.20. The normalized spacial score (nSPS) is 12.0. The summed E-state index contributed by atoms with van der Waals surface area (Å²) in [6.07, 6.45) is 25.1. The Labute approximate surface area is 297 Å². The van der Waals surface area contributed by atoms with Gasteiger partial charge in [0.05, 0.1) is 6.54 Å². The molecule has 0 saturated carbocycles. The molecule has 0 aromatic carbocycles. The van der Waals surface area contributed by atoms with E-state index in [-0.39, 0.29) is 24.8 Å². The molecule has 11 heteroatoms. The monoisotopic (exact) mass is 720 g/mol. The molecule has 0 aliphatic rings. The highest BCUT2D eigenvalue weighted by molar-refractivity contribution is 7.82. The van der Waals surface area contributed by atoms with Gasteiger partial charge in [0.15, 0.2) is 0 Å². The third kappa shape index (κ3) is 24.0. The van der Waals surface area contributed by atoms with Crippen molar-refractivity contribution in [2.75, 3.05) is 45.8 Å². The van der Waals surface area contributed by atoms with Crippen LogP contribution < -0.4 is 55.3 Å². The summed E-state index contributed by atoms with van der Waals surface area (Å²) >= 11 is 0. The maximum absolute atomic E-state index is 4.27. The largest absolute Gasteiger partial charge is 1.00 e. The zero-order chi connectivity index (χ0) is 31.9. The molecule has 0 bridgehead atoms. The van der Waals surface area contributed by atoms with Crippen LogP contribution >= 0.6 is 15.7 Å². The Hall–Kier alpha value is 1.16. The van der Waals surface area contributed by atoms with Crippen LogP contribution in [-0.2, 0) is 0 Å². The van der Waals surface area contributed by atoms with Crippen molar-refractivity contribution in [3.63, 3.8) is 0 Å². The second kappa shape index (κ2) is 36.4. The van der Waals surface area contributed by atoms with Gasteiger partial charge in [-0.3, -0.25) is 0 Å². The summed E-state index contributed by atoms with van der Waals surface area (Å²) in [6, 6.07) is 0. The Morgan fingerprint density at radius 1 is 0.311 bits per heavy atom. The van der Waals surface area contributed by atoms with E-state index >= 15 is 0 Å². The summed E-state index contributed by atoms with van der Waals surface area (Å²) in [5, 5.41) is 25.6. The van der Waals surface area contributed by atoms with Gasteiger partial charge in [-0.25, -0.2) is 0 Å². The van der Waals surface area contributed by atoms with Crippen LogP contribution in [0.2, 0.25) is 0 Å². The summed E-state index contributed by atoms with van der Waals surface area (Å²) in [4.78, 5) is 0. The molecule has 0 rings (SSSR count). The molecule has 45 heavy (non-hydrogen) atoms. The van der Waals surface area contributed by atoms with Gasteiger partial charge in [0.25, 0.3) is 0 Å². The maximum Gasteiger partial charge on any atom is 0.339 e.